The van der Waals surface area contributed by atoms with Crippen LogP contribution in [-0.4, -0.2) is 18.4 Å². The molecule has 8 heteroatoms. The molecule has 0 heterocycles. The lowest BCUT2D eigenvalue weighted by Crippen LogP contribution is -2.28. The summed E-state index contributed by atoms with van der Waals surface area (Å²) in [5.41, 5.74) is 4.88. The maximum Gasteiger partial charge on any atom is 0.407 e. The van der Waals surface area contributed by atoms with Gasteiger partial charge in [-0.1, -0.05) is 0 Å². The zero-order valence-electron chi connectivity index (χ0n) is 8.48. The van der Waals surface area contributed by atoms with Crippen LogP contribution in [0.1, 0.15) is 11.6 Å². The highest BCUT2D eigenvalue weighted by Gasteiger charge is 2.39. The molecule has 0 amide bonds. The number of rotatable bonds is 2. The molecule has 0 aliphatic heterocycles. The van der Waals surface area contributed by atoms with E-state index in [1.165, 1.54) is 7.11 Å². The van der Waals surface area contributed by atoms with Crippen molar-refractivity contribution < 1.29 is 23.0 Å². The minimum absolute atomic E-state index is 0.0422. The second-order valence-corrected chi connectivity index (χ2v) is 4.75. The smallest absolute Gasteiger partial charge is 0.407 e. The van der Waals surface area contributed by atoms with Gasteiger partial charge in [-0.2, -0.15) is 13.2 Å². The Kier molecular flexibility index (Phi) is 4.32. The van der Waals surface area contributed by atoms with Gasteiger partial charge in [-0.25, -0.2) is 0 Å². The molecule has 0 unspecified atom stereocenters. The van der Waals surface area contributed by atoms with E-state index in [1.807, 2.05) is 0 Å². The van der Waals surface area contributed by atoms with Crippen molar-refractivity contribution in [3.63, 3.8) is 0 Å². The molecule has 3 nitrogen and oxygen atoms in total. The number of phenols is 1. The standard InChI is InChI=1S/C9H8Br2F3NO2/c1-17-4-2-3(8(15)9(12,13)14)5(10)6(11)7(4)16/h2,8,16H,15H2,1H3/t8-/m0/s1. The molecule has 0 bridgehead atoms. The zero-order valence-corrected chi connectivity index (χ0v) is 11.6. The minimum atomic E-state index is -4.58. The first kappa shape index (κ1) is 14.6. The van der Waals surface area contributed by atoms with E-state index in [1.54, 1.807) is 0 Å². The summed E-state index contributed by atoms with van der Waals surface area (Å²) in [7, 11) is 1.23. The van der Waals surface area contributed by atoms with Gasteiger partial charge in [0.2, 0.25) is 0 Å². The van der Waals surface area contributed by atoms with Gasteiger partial charge in [0.25, 0.3) is 0 Å². The van der Waals surface area contributed by atoms with E-state index in [-0.39, 0.29) is 26.0 Å². The maximum atomic E-state index is 12.5. The van der Waals surface area contributed by atoms with Gasteiger partial charge in [-0.05, 0) is 43.5 Å². The predicted molar refractivity (Wildman–Crippen MR) is 63.0 cm³/mol. The molecule has 1 atom stereocenters. The van der Waals surface area contributed by atoms with E-state index >= 15 is 0 Å². The molecule has 1 rings (SSSR count). The van der Waals surface area contributed by atoms with E-state index in [9.17, 15) is 18.3 Å². The molecule has 0 aliphatic rings. The number of alkyl halides is 3. The van der Waals surface area contributed by atoms with Crippen LogP contribution in [0.2, 0.25) is 0 Å². The molecule has 17 heavy (non-hydrogen) atoms. The summed E-state index contributed by atoms with van der Waals surface area (Å²) in [4.78, 5) is 0. The van der Waals surface area contributed by atoms with Crippen LogP contribution in [0, 0.1) is 0 Å². The van der Waals surface area contributed by atoms with Crippen molar-refractivity contribution in [2.45, 2.75) is 12.2 Å². The van der Waals surface area contributed by atoms with Gasteiger partial charge in [0, 0.05) is 4.47 Å². The molecular weight excluding hydrogens is 371 g/mol. The normalized spacial score (nSPS) is 13.6. The fourth-order valence-electron chi connectivity index (χ4n) is 1.17. The highest BCUT2D eigenvalue weighted by atomic mass is 79.9. The van der Waals surface area contributed by atoms with Gasteiger partial charge in [0.05, 0.1) is 11.6 Å². The number of hydrogen-bond donors (Lipinski definition) is 2. The minimum Gasteiger partial charge on any atom is -0.503 e. The van der Waals surface area contributed by atoms with Crippen molar-refractivity contribution in [3.05, 3.63) is 20.6 Å². The van der Waals surface area contributed by atoms with E-state index in [2.05, 4.69) is 31.9 Å². The van der Waals surface area contributed by atoms with E-state index < -0.39 is 12.2 Å². The number of methoxy groups -OCH3 is 1. The molecule has 0 spiro atoms. The van der Waals surface area contributed by atoms with Crippen LogP contribution >= 0.6 is 31.9 Å². The van der Waals surface area contributed by atoms with Crippen LogP contribution in [0.5, 0.6) is 11.5 Å². The first-order chi connectivity index (χ1) is 7.70. The van der Waals surface area contributed by atoms with Crippen molar-refractivity contribution in [2.24, 2.45) is 5.73 Å². The monoisotopic (exact) mass is 377 g/mol. The molecule has 1 aromatic rings. The lowest BCUT2D eigenvalue weighted by molar-refractivity contribution is -0.149. The Morgan fingerprint density at radius 3 is 2.29 bits per heavy atom. The molecule has 0 radical (unpaired) electrons. The second kappa shape index (κ2) is 5.03. The third kappa shape index (κ3) is 2.86. The van der Waals surface area contributed by atoms with Crippen molar-refractivity contribution >= 4 is 31.9 Å². The number of hydrogen-bond acceptors (Lipinski definition) is 3. The van der Waals surface area contributed by atoms with Crippen LogP contribution in [0.15, 0.2) is 15.0 Å². The first-order valence-electron chi connectivity index (χ1n) is 4.27. The van der Waals surface area contributed by atoms with Gasteiger partial charge in [-0.3, -0.25) is 0 Å². The van der Waals surface area contributed by atoms with Crippen LogP contribution in [0.25, 0.3) is 0 Å². The van der Waals surface area contributed by atoms with Crippen molar-refractivity contribution in [1.29, 1.82) is 0 Å². The Labute approximate surface area is 112 Å². The summed E-state index contributed by atoms with van der Waals surface area (Å²) in [5, 5.41) is 9.56. The average Bonchev–Trinajstić information content (AvgIpc) is 2.24. The van der Waals surface area contributed by atoms with E-state index in [0.717, 1.165) is 6.07 Å². The Hall–Kier alpha value is -0.470. The number of phenolic OH excluding ortho intramolecular Hbond substituents is 1. The largest absolute Gasteiger partial charge is 0.503 e. The van der Waals surface area contributed by atoms with Crippen LogP contribution < -0.4 is 10.5 Å². The van der Waals surface area contributed by atoms with Crippen molar-refractivity contribution in [3.8, 4) is 11.5 Å². The van der Waals surface area contributed by atoms with E-state index in [4.69, 9.17) is 10.5 Å². The van der Waals surface area contributed by atoms with Crippen molar-refractivity contribution in [1.82, 2.24) is 0 Å². The first-order valence-corrected chi connectivity index (χ1v) is 5.85. The molecular formula is C9H8Br2F3NO2. The predicted octanol–water partition coefficient (Wildman–Crippen LogP) is 3.49. The zero-order chi connectivity index (χ0) is 13.4. The summed E-state index contributed by atoms with van der Waals surface area (Å²) in [6.45, 7) is 0. The SMILES string of the molecule is COc1cc([C@H](N)C(F)(F)F)c(Br)c(Br)c1O. The van der Waals surface area contributed by atoms with Crippen LogP contribution in [0.4, 0.5) is 13.2 Å². The second-order valence-electron chi connectivity index (χ2n) is 3.16. The van der Waals surface area contributed by atoms with Gasteiger partial charge < -0.3 is 15.6 Å². The quantitative estimate of drug-likeness (QED) is 0.828. The summed E-state index contributed by atoms with van der Waals surface area (Å²) in [6.07, 6.45) is -4.58. The van der Waals surface area contributed by atoms with Gasteiger partial charge in [0.1, 0.15) is 6.04 Å². The van der Waals surface area contributed by atoms with Gasteiger partial charge in [0.15, 0.2) is 11.5 Å². The molecule has 0 saturated heterocycles. The van der Waals surface area contributed by atoms with Crippen LogP contribution in [0.3, 0.4) is 0 Å². The summed E-state index contributed by atoms with van der Waals surface area (Å²) < 4.78 is 42.4. The molecule has 1 aromatic carbocycles. The van der Waals surface area contributed by atoms with Gasteiger partial charge >= 0.3 is 6.18 Å². The molecule has 0 fully saturated rings. The van der Waals surface area contributed by atoms with Crippen LogP contribution in [-0.2, 0) is 0 Å². The molecule has 3 N–H and O–H groups in total. The highest BCUT2D eigenvalue weighted by Crippen LogP contribution is 2.45. The Bertz CT molecular complexity index is 437. The number of halogens is 5. The molecule has 0 aliphatic carbocycles. The Balaban J connectivity index is 3.40. The maximum absolute atomic E-state index is 12.5. The lowest BCUT2D eigenvalue weighted by Gasteiger charge is -2.19. The van der Waals surface area contributed by atoms with E-state index in [0.29, 0.717) is 0 Å². The van der Waals surface area contributed by atoms with Crippen molar-refractivity contribution in [2.75, 3.05) is 7.11 Å². The number of ether oxygens (including phenoxy) is 1. The third-order valence-corrected chi connectivity index (χ3v) is 4.24. The number of nitrogens with two attached hydrogens (primary N) is 1. The summed E-state index contributed by atoms with van der Waals surface area (Å²) in [6, 6.07) is -1.12. The van der Waals surface area contributed by atoms with Gasteiger partial charge in [-0.15, -0.1) is 0 Å². The topological polar surface area (TPSA) is 55.5 Å². The highest BCUT2D eigenvalue weighted by molar-refractivity contribution is 9.13. The number of benzene rings is 1. The molecule has 0 aromatic heterocycles. The Morgan fingerprint density at radius 1 is 1.35 bits per heavy atom. The third-order valence-electron chi connectivity index (χ3n) is 2.08. The number of aromatic hydroxyl groups is 1. The molecule has 96 valence electrons. The Morgan fingerprint density at radius 2 is 1.88 bits per heavy atom. The lowest BCUT2D eigenvalue weighted by atomic mass is 10.1. The average molecular weight is 379 g/mol. The summed E-state index contributed by atoms with van der Waals surface area (Å²) in [5.74, 6) is -0.382. The molecule has 0 saturated carbocycles. The summed E-state index contributed by atoms with van der Waals surface area (Å²) >= 11 is 5.90. The fourth-order valence-corrected chi connectivity index (χ4v) is 2.14. The fraction of sp³-hybridized carbons (Fsp3) is 0.333.